The van der Waals surface area contributed by atoms with E-state index in [-0.39, 0.29) is 30.6 Å². The number of quaternary nitrogens is 1. The predicted molar refractivity (Wildman–Crippen MR) is 135 cm³/mol. The van der Waals surface area contributed by atoms with Gasteiger partial charge in [-0.05, 0) is 57.1 Å². The Hall–Kier alpha value is -1.87. The van der Waals surface area contributed by atoms with Gasteiger partial charge in [-0.2, -0.15) is 0 Å². The number of ether oxygens (including phenoxy) is 2. The lowest BCUT2D eigenvalue weighted by molar-refractivity contribution is -0.824. The molecule has 1 saturated carbocycles. The molecule has 6 unspecified atom stereocenters. The zero-order valence-electron chi connectivity index (χ0n) is 22.0. The summed E-state index contributed by atoms with van der Waals surface area (Å²) in [6.07, 6.45) is 7.55. The van der Waals surface area contributed by atoms with Crippen molar-refractivity contribution < 1.29 is 44.7 Å². The van der Waals surface area contributed by atoms with Gasteiger partial charge < -0.3 is 35.1 Å². The van der Waals surface area contributed by atoms with Crippen LogP contribution in [0.2, 0.25) is 0 Å². The first-order valence-corrected chi connectivity index (χ1v) is 13.5. The summed E-state index contributed by atoms with van der Waals surface area (Å²) in [5, 5.41) is 51.7. The molecular formula is C26H43N3O9. The van der Waals surface area contributed by atoms with Crippen LogP contribution in [0.4, 0.5) is 0 Å². The molecule has 8 N–H and O–H groups in total. The highest BCUT2D eigenvalue weighted by Crippen LogP contribution is 2.35. The molecule has 3 aliphatic carbocycles. The van der Waals surface area contributed by atoms with Crippen LogP contribution in [0.15, 0.2) is 35.3 Å². The number of hydroxylamine groups is 1. The highest BCUT2D eigenvalue weighted by Gasteiger charge is 2.32. The van der Waals surface area contributed by atoms with Gasteiger partial charge in [-0.3, -0.25) is 4.84 Å². The molecule has 0 aromatic rings. The van der Waals surface area contributed by atoms with Gasteiger partial charge in [0.05, 0.1) is 17.9 Å². The quantitative estimate of drug-likeness (QED) is 0.127. The second kappa shape index (κ2) is 15.1. The minimum absolute atomic E-state index is 0.0174. The first-order chi connectivity index (χ1) is 18.2. The van der Waals surface area contributed by atoms with Crippen molar-refractivity contribution in [2.75, 3.05) is 0 Å². The lowest BCUT2D eigenvalue weighted by atomic mass is 9.81. The Kier molecular flexibility index (Phi) is 12.2. The Bertz CT molecular complexity index is 857. The monoisotopic (exact) mass is 541 g/mol. The number of carbonyl (C=O) groups is 1. The van der Waals surface area contributed by atoms with Crippen molar-refractivity contribution in [3.05, 3.63) is 40.5 Å². The van der Waals surface area contributed by atoms with Crippen molar-refractivity contribution in [1.82, 2.24) is 5.43 Å². The van der Waals surface area contributed by atoms with E-state index in [0.717, 1.165) is 5.57 Å². The highest BCUT2D eigenvalue weighted by molar-refractivity contribution is 5.65. The average Bonchev–Trinajstić information content (AvgIpc) is 2.93. The van der Waals surface area contributed by atoms with Crippen molar-refractivity contribution >= 4 is 5.91 Å². The number of rotatable bonds is 13. The third-order valence-corrected chi connectivity index (χ3v) is 7.64. The largest absolute Gasteiger partial charge is 0.606 e. The lowest BCUT2D eigenvalue weighted by Crippen LogP contribution is -3.17. The molecule has 0 bridgehead atoms. The second-order valence-electron chi connectivity index (χ2n) is 10.4. The van der Waals surface area contributed by atoms with Gasteiger partial charge in [-0.25, -0.2) is 15.9 Å². The summed E-state index contributed by atoms with van der Waals surface area (Å²) < 4.78 is 11.6. The molecule has 216 valence electrons. The van der Waals surface area contributed by atoms with Crippen LogP contribution < -0.4 is 16.5 Å². The van der Waals surface area contributed by atoms with Crippen LogP contribution >= 0.6 is 0 Å². The highest BCUT2D eigenvalue weighted by atomic mass is 16.7. The number of aliphatic hydroxyl groups is 4. The van der Waals surface area contributed by atoms with E-state index in [0.29, 0.717) is 69.3 Å². The van der Waals surface area contributed by atoms with Gasteiger partial charge in [0, 0.05) is 37.0 Å². The number of hydrogen-bond donors (Lipinski definition) is 7. The third kappa shape index (κ3) is 9.11. The summed E-state index contributed by atoms with van der Waals surface area (Å²) in [5.74, 6) is 5.69. The first kappa shape index (κ1) is 30.7. The Morgan fingerprint density at radius 1 is 0.974 bits per heavy atom. The summed E-state index contributed by atoms with van der Waals surface area (Å²) in [7, 11) is 0. The van der Waals surface area contributed by atoms with Gasteiger partial charge in [0.25, 0.3) is 0 Å². The lowest BCUT2D eigenvalue weighted by Gasteiger charge is -2.34. The minimum atomic E-state index is -1.14. The van der Waals surface area contributed by atoms with Crippen LogP contribution in [0, 0.1) is 23.0 Å². The first-order valence-electron chi connectivity index (χ1n) is 13.5. The van der Waals surface area contributed by atoms with Crippen molar-refractivity contribution in [3.63, 3.8) is 0 Å². The Balaban J connectivity index is 1.39. The summed E-state index contributed by atoms with van der Waals surface area (Å²) in [5.41, 5.74) is 3.20. The maximum absolute atomic E-state index is 11.6. The maximum atomic E-state index is 11.6. The average molecular weight is 542 g/mol. The van der Waals surface area contributed by atoms with Crippen LogP contribution in [0.3, 0.4) is 0 Å². The van der Waals surface area contributed by atoms with E-state index in [1.807, 2.05) is 6.08 Å². The van der Waals surface area contributed by atoms with Crippen LogP contribution in [0.1, 0.15) is 77.6 Å². The van der Waals surface area contributed by atoms with Gasteiger partial charge in [-0.15, -0.1) is 5.43 Å². The van der Waals surface area contributed by atoms with E-state index >= 15 is 0 Å². The Morgan fingerprint density at radius 2 is 1.61 bits per heavy atom. The molecule has 0 spiro atoms. The number of aliphatic hydroxyl groups excluding tert-OH is 4. The van der Waals surface area contributed by atoms with Crippen molar-refractivity contribution in [2.45, 2.75) is 103 Å². The molecule has 0 aromatic heterocycles. The molecule has 0 aromatic carbocycles. The molecule has 6 atom stereocenters. The molecule has 0 radical (unpaired) electrons. The number of carbonyl (C=O) groups excluding carboxylic acids is 1. The molecule has 1 amide bonds. The van der Waals surface area contributed by atoms with E-state index in [4.69, 9.17) is 15.4 Å². The van der Waals surface area contributed by atoms with E-state index in [9.17, 15) is 30.4 Å². The van der Waals surface area contributed by atoms with Crippen molar-refractivity contribution in [3.8, 4) is 0 Å². The SMILES string of the molecule is CCC(=O)[NH+]([O-])NC(O)CC1=CC=C(OC(O)C2CC=C(OC(O)C3CCC(C(O)ON)CC3)CC2)CC1. The Morgan fingerprint density at radius 3 is 2.16 bits per heavy atom. The van der Waals surface area contributed by atoms with Gasteiger partial charge in [0.15, 0.2) is 25.1 Å². The smallest absolute Gasteiger partial charge is 0.330 e. The van der Waals surface area contributed by atoms with E-state index in [1.165, 1.54) is 0 Å². The van der Waals surface area contributed by atoms with Gasteiger partial charge in [-0.1, -0.05) is 18.6 Å². The molecule has 0 aliphatic heterocycles. The topological polar surface area (TPSA) is 191 Å². The van der Waals surface area contributed by atoms with Gasteiger partial charge in [0.1, 0.15) is 0 Å². The molecule has 12 heteroatoms. The molecule has 12 nitrogen and oxygen atoms in total. The number of hydrogen-bond acceptors (Lipinski definition) is 11. The van der Waals surface area contributed by atoms with E-state index < -0.39 is 36.2 Å². The molecule has 0 saturated heterocycles. The molecule has 3 rings (SSSR count). The van der Waals surface area contributed by atoms with Gasteiger partial charge >= 0.3 is 5.91 Å². The molecule has 1 fully saturated rings. The molecule has 3 aliphatic rings. The zero-order valence-corrected chi connectivity index (χ0v) is 22.0. The standard InChI is InChI=1S/C26H43N3O9/c1-2-23(31)29(35)28-22(30)15-16-3-11-20(12-4-16)36-25(33)18-9-13-21(14-10-18)37-24(32)17-5-7-19(8-6-17)26(34)38-27/h3,11,13,17-19,22,24-26,28-30,32-34H,2,4-10,12,14-15,27H2,1H3. The number of amides is 1. The fourth-order valence-corrected chi connectivity index (χ4v) is 5.15. The van der Waals surface area contributed by atoms with Crippen LogP contribution in [0.5, 0.6) is 0 Å². The summed E-state index contributed by atoms with van der Waals surface area (Å²) >= 11 is 0. The van der Waals surface area contributed by atoms with Crippen molar-refractivity contribution in [2.24, 2.45) is 23.7 Å². The number of nitrogens with two attached hydrogens (primary N) is 1. The minimum Gasteiger partial charge on any atom is -0.606 e. The van der Waals surface area contributed by atoms with Crippen LogP contribution in [-0.2, 0) is 19.1 Å². The zero-order chi connectivity index (χ0) is 27.7. The van der Waals surface area contributed by atoms with Gasteiger partial charge in [0.2, 0.25) is 0 Å². The van der Waals surface area contributed by atoms with E-state index in [1.54, 1.807) is 19.1 Å². The summed E-state index contributed by atoms with van der Waals surface area (Å²) in [6.45, 7) is 1.58. The molecular weight excluding hydrogens is 498 g/mol. The Labute approximate surface area is 223 Å². The number of nitrogens with one attached hydrogen (secondary N) is 2. The molecule has 38 heavy (non-hydrogen) atoms. The summed E-state index contributed by atoms with van der Waals surface area (Å²) in [4.78, 5) is 15.9. The fourth-order valence-electron chi connectivity index (χ4n) is 5.15. The predicted octanol–water partition coefficient (Wildman–Crippen LogP) is 0.492. The maximum Gasteiger partial charge on any atom is 0.330 e. The molecule has 0 heterocycles. The number of allylic oxidation sites excluding steroid dienone is 5. The second-order valence-corrected chi connectivity index (χ2v) is 10.4. The van der Waals surface area contributed by atoms with Crippen LogP contribution in [-0.4, -0.2) is 51.4 Å². The van der Waals surface area contributed by atoms with E-state index in [2.05, 4.69) is 10.3 Å². The third-order valence-electron chi connectivity index (χ3n) is 7.64. The van der Waals surface area contributed by atoms with Crippen molar-refractivity contribution in [1.29, 1.82) is 0 Å². The fraction of sp³-hybridized carbons (Fsp3) is 0.731. The normalized spacial score (nSPS) is 28.2. The summed E-state index contributed by atoms with van der Waals surface area (Å²) in [6, 6.07) is 0. The van der Waals surface area contributed by atoms with Crippen LogP contribution in [0.25, 0.3) is 0 Å².